The van der Waals surface area contributed by atoms with Crippen LogP contribution >= 0.6 is 0 Å². The van der Waals surface area contributed by atoms with Crippen molar-refractivity contribution in [2.75, 3.05) is 5.73 Å². The molecule has 0 fully saturated rings. The third-order valence-corrected chi connectivity index (χ3v) is 2.91. The van der Waals surface area contributed by atoms with Crippen molar-refractivity contribution in [3.8, 4) is 0 Å². The maximum absolute atomic E-state index is 14.0. The Labute approximate surface area is 101 Å². The van der Waals surface area contributed by atoms with Crippen molar-refractivity contribution in [3.05, 3.63) is 35.3 Å². The first-order chi connectivity index (χ1) is 7.82. The van der Waals surface area contributed by atoms with Gasteiger partial charge in [0.2, 0.25) is 0 Å². The van der Waals surface area contributed by atoms with Crippen LogP contribution < -0.4 is 5.73 Å². The molecule has 0 aliphatic carbocycles. The SMILES string of the molecule is Cc1cccc2c(F)c(N)nc(C(C)(C)C)c12. The number of nitrogen functional groups attached to an aromatic ring is 1. The third-order valence-electron chi connectivity index (χ3n) is 2.91. The summed E-state index contributed by atoms with van der Waals surface area (Å²) in [7, 11) is 0. The van der Waals surface area contributed by atoms with E-state index in [1.54, 1.807) is 6.07 Å². The van der Waals surface area contributed by atoms with Crippen molar-refractivity contribution in [2.24, 2.45) is 0 Å². The van der Waals surface area contributed by atoms with Gasteiger partial charge in [-0.15, -0.1) is 0 Å². The van der Waals surface area contributed by atoms with E-state index in [4.69, 9.17) is 5.73 Å². The Balaban J connectivity index is 2.99. The maximum Gasteiger partial charge on any atom is 0.173 e. The molecule has 0 bridgehead atoms. The molecule has 2 rings (SSSR count). The Morgan fingerprint density at radius 3 is 2.47 bits per heavy atom. The first-order valence-electron chi connectivity index (χ1n) is 5.67. The van der Waals surface area contributed by atoms with Crippen molar-refractivity contribution in [3.63, 3.8) is 0 Å². The Bertz CT molecular complexity index is 583. The number of nitrogens with zero attached hydrogens (tertiary/aromatic N) is 1. The minimum Gasteiger partial charge on any atom is -0.381 e. The second-order valence-electron chi connectivity index (χ2n) is 5.41. The van der Waals surface area contributed by atoms with Gasteiger partial charge in [0.1, 0.15) is 0 Å². The maximum atomic E-state index is 14.0. The van der Waals surface area contributed by atoms with Crippen LogP contribution in [0.4, 0.5) is 10.2 Å². The first-order valence-corrected chi connectivity index (χ1v) is 5.67. The molecule has 0 aliphatic heterocycles. The monoisotopic (exact) mass is 232 g/mol. The van der Waals surface area contributed by atoms with Crippen LogP contribution in [-0.2, 0) is 5.41 Å². The van der Waals surface area contributed by atoms with Crippen molar-refractivity contribution in [2.45, 2.75) is 33.1 Å². The van der Waals surface area contributed by atoms with E-state index in [1.165, 1.54) is 0 Å². The van der Waals surface area contributed by atoms with Gasteiger partial charge in [-0.25, -0.2) is 9.37 Å². The molecule has 2 nitrogen and oxygen atoms in total. The topological polar surface area (TPSA) is 38.9 Å². The Morgan fingerprint density at radius 1 is 1.24 bits per heavy atom. The smallest absolute Gasteiger partial charge is 0.173 e. The molecule has 0 amide bonds. The van der Waals surface area contributed by atoms with Crippen molar-refractivity contribution < 1.29 is 4.39 Å². The van der Waals surface area contributed by atoms with Gasteiger partial charge < -0.3 is 5.73 Å². The molecule has 2 aromatic rings. The van der Waals surface area contributed by atoms with Crippen LogP contribution in [0.2, 0.25) is 0 Å². The fraction of sp³-hybridized carbons (Fsp3) is 0.357. The summed E-state index contributed by atoms with van der Waals surface area (Å²) in [5, 5.41) is 1.44. The molecule has 0 spiro atoms. The molecule has 1 aromatic heterocycles. The second-order valence-corrected chi connectivity index (χ2v) is 5.41. The lowest BCUT2D eigenvalue weighted by atomic mass is 9.86. The lowest BCUT2D eigenvalue weighted by Gasteiger charge is -2.22. The highest BCUT2D eigenvalue weighted by molar-refractivity contribution is 5.90. The zero-order chi connectivity index (χ0) is 12.8. The van der Waals surface area contributed by atoms with Crippen LogP contribution in [0.25, 0.3) is 10.8 Å². The average molecular weight is 232 g/mol. The van der Waals surface area contributed by atoms with Gasteiger partial charge in [-0.05, 0) is 12.5 Å². The summed E-state index contributed by atoms with van der Waals surface area (Å²) < 4.78 is 14.0. The Kier molecular flexibility index (Phi) is 2.57. The highest BCUT2D eigenvalue weighted by Gasteiger charge is 2.22. The number of benzene rings is 1. The molecule has 0 atom stereocenters. The van der Waals surface area contributed by atoms with Gasteiger partial charge in [0.25, 0.3) is 0 Å². The molecule has 0 radical (unpaired) electrons. The van der Waals surface area contributed by atoms with Crippen molar-refractivity contribution >= 4 is 16.6 Å². The van der Waals surface area contributed by atoms with Crippen LogP contribution in [0.5, 0.6) is 0 Å². The molecule has 17 heavy (non-hydrogen) atoms. The zero-order valence-corrected chi connectivity index (χ0v) is 10.6. The van der Waals surface area contributed by atoms with Crippen LogP contribution in [0.3, 0.4) is 0 Å². The summed E-state index contributed by atoms with van der Waals surface area (Å²) in [5.41, 5.74) is 7.36. The molecule has 0 unspecified atom stereocenters. The molecule has 2 N–H and O–H groups in total. The highest BCUT2D eigenvalue weighted by atomic mass is 19.1. The van der Waals surface area contributed by atoms with E-state index in [-0.39, 0.29) is 11.2 Å². The molecular weight excluding hydrogens is 215 g/mol. The third kappa shape index (κ3) is 1.86. The number of hydrogen-bond acceptors (Lipinski definition) is 2. The number of nitrogens with two attached hydrogens (primary N) is 1. The van der Waals surface area contributed by atoms with E-state index in [9.17, 15) is 4.39 Å². The van der Waals surface area contributed by atoms with E-state index < -0.39 is 5.82 Å². The summed E-state index contributed by atoms with van der Waals surface area (Å²) in [6, 6.07) is 5.56. The van der Waals surface area contributed by atoms with E-state index >= 15 is 0 Å². The van der Waals surface area contributed by atoms with Gasteiger partial charge in [0, 0.05) is 16.2 Å². The number of fused-ring (bicyclic) bond motifs is 1. The predicted molar refractivity (Wildman–Crippen MR) is 69.6 cm³/mol. The normalized spacial score (nSPS) is 12.1. The molecule has 3 heteroatoms. The van der Waals surface area contributed by atoms with Crippen LogP contribution in [0.15, 0.2) is 18.2 Å². The quantitative estimate of drug-likeness (QED) is 0.754. The van der Waals surface area contributed by atoms with Gasteiger partial charge in [-0.3, -0.25) is 0 Å². The standard InChI is InChI=1S/C14H17FN2/c1-8-6-5-7-9-10(8)12(14(2,3)4)17-13(16)11(9)15/h5-7H,1-4H3,(H2,16,17). The summed E-state index contributed by atoms with van der Waals surface area (Å²) in [6.45, 7) is 8.13. The number of rotatable bonds is 0. The van der Waals surface area contributed by atoms with Gasteiger partial charge in [0.05, 0.1) is 5.69 Å². The zero-order valence-electron chi connectivity index (χ0n) is 10.6. The molecule has 1 aromatic carbocycles. The number of anilines is 1. The fourth-order valence-corrected chi connectivity index (χ4v) is 2.07. The summed E-state index contributed by atoms with van der Waals surface area (Å²) in [4.78, 5) is 4.24. The summed E-state index contributed by atoms with van der Waals surface area (Å²) in [6.07, 6.45) is 0. The highest BCUT2D eigenvalue weighted by Crippen LogP contribution is 2.33. The van der Waals surface area contributed by atoms with Crippen LogP contribution in [0.1, 0.15) is 32.0 Å². The lowest BCUT2D eigenvalue weighted by Crippen LogP contribution is -2.16. The molecule has 0 saturated heterocycles. The van der Waals surface area contributed by atoms with Crippen LogP contribution in [0, 0.1) is 12.7 Å². The number of halogens is 1. The summed E-state index contributed by atoms with van der Waals surface area (Å²) >= 11 is 0. The van der Waals surface area contributed by atoms with Crippen molar-refractivity contribution in [1.29, 1.82) is 0 Å². The van der Waals surface area contributed by atoms with Gasteiger partial charge in [-0.1, -0.05) is 39.0 Å². The average Bonchev–Trinajstić information content (AvgIpc) is 2.22. The van der Waals surface area contributed by atoms with Gasteiger partial charge >= 0.3 is 0 Å². The van der Waals surface area contributed by atoms with E-state index in [2.05, 4.69) is 25.8 Å². The largest absolute Gasteiger partial charge is 0.381 e. The number of aromatic nitrogens is 1. The van der Waals surface area contributed by atoms with Crippen LogP contribution in [-0.4, -0.2) is 4.98 Å². The Morgan fingerprint density at radius 2 is 1.88 bits per heavy atom. The summed E-state index contributed by atoms with van der Waals surface area (Å²) in [5.74, 6) is -0.440. The minimum atomic E-state index is -0.420. The minimum absolute atomic E-state index is 0.0203. The first kappa shape index (κ1) is 11.8. The number of aryl methyl sites for hydroxylation is 1. The van der Waals surface area contributed by atoms with E-state index in [0.717, 1.165) is 16.6 Å². The fourth-order valence-electron chi connectivity index (χ4n) is 2.07. The second kappa shape index (κ2) is 3.69. The number of pyridine rings is 1. The molecular formula is C14H17FN2. The predicted octanol–water partition coefficient (Wildman–Crippen LogP) is 3.56. The molecule has 0 aliphatic rings. The Hall–Kier alpha value is -1.64. The van der Waals surface area contributed by atoms with Gasteiger partial charge in [-0.2, -0.15) is 0 Å². The van der Waals surface area contributed by atoms with Gasteiger partial charge in [0.15, 0.2) is 11.6 Å². The lowest BCUT2D eigenvalue weighted by molar-refractivity contribution is 0.570. The molecule has 1 heterocycles. The van der Waals surface area contributed by atoms with Crippen molar-refractivity contribution in [1.82, 2.24) is 4.98 Å². The molecule has 90 valence electrons. The molecule has 0 saturated carbocycles. The van der Waals surface area contributed by atoms with E-state index in [0.29, 0.717) is 5.39 Å². The van der Waals surface area contributed by atoms with E-state index in [1.807, 2.05) is 19.1 Å². The number of hydrogen-bond donors (Lipinski definition) is 1.